The van der Waals surface area contributed by atoms with Crippen LogP contribution in [0.1, 0.15) is 78.5 Å². The number of rotatable bonds is 7. The molecule has 0 radical (unpaired) electrons. The summed E-state index contributed by atoms with van der Waals surface area (Å²) in [5.74, 6) is -1.66. The molecule has 0 saturated carbocycles. The number of benzene rings is 1. The molecule has 3 rings (SSSR count). The number of amides is 5. The highest BCUT2D eigenvalue weighted by Crippen LogP contribution is 2.30. The van der Waals surface area contributed by atoms with Crippen LogP contribution in [0.5, 0.6) is 0 Å². The van der Waals surface area contributed by atoms with E-state index in [0.29, 0.717) is 0 Å². The normalized spacial score (nSPS) is 20.1. The Bertz CT molecular complexity index is 1240. The summed E-state index contributed by atoms with van der Waals surface area (Å²) in [5, 5.41) is 5.98. The van der Waals surface area contributed by atoms with Crippen molar-refractivity contribution in [2.45, 2.75) is 97.5 Å². The molecule has 4 N–H and O–H groups in total. The van der Waals surface area contributed by atoms with Crippen molar-refractivity contribution in [3.8, 4) is 0 Å². The molecule has 1 aliphatic heterocycles. The number of fused-ring (bicyclic) bond motifs is 1. The van der Waals surface area contributed by atoms with Crippen LogP contribution in [-0.4, -0.2) is 101 Å². The molecule has 2 aliphatic rings. The zero-order valence-electron chi connectivity index (χ0n) is 27.4. The van der Waals surface area contributed by atoms with Gasteiger partial charge in [-0.2, -0.15) is 0 Å². The molecule has 1 fully saturated rings. The molecule has 1 aliphatic carbocycles. The Morgan fingerprint density at radius 3 is 2.34 bits per heavy atom. The molecule has 0 unspecified atom stereocenters. The summed E-state index contributed by atoms with van der Waals surface area (Å²) in [6, 6.07) is 4.83. The second-order valence-corrected chi connectivity index (χ2v) is 13.8. The number of likely N-dealkylation sites (N-methyl/N-ethyl adjacent to an activating group) is 1. The standard InChI is InChI=1S/C32H50N6O6/c1-20(36(8)30(43)44-32(5,6)7)27(40)35-26(31(2,3)4)29(42)38-17-16-37(25(39)18-33)19-24(38)28(41)34-23-15-11-13-21-12-9-10-14-22(21)23/h9-10,12,14,20,23-24,26H,11,13,15-19,33H2,1-8H3,(H,34,41)(H,35,40)/t20-,23+,24-,26+/m0/s1. The first-order valence-electron chi connectivity index (χ1n) is 15.4. The lowest BCUT2D eigenvalue weighted by Gasteiger charge is -2.44. The summed E-state index contributed by atoms with van der Waals surface area (Å²) in [6.45, 7) is 12.3. The van der Waals surface area contributed by atoms with E-state index in [0.717, 1.165) is 24.8 Å². The van der Waals surface area contributed by atoms with Gasteiger partial charge in [0.15, 0.2) is 0 Å². The molecule has 44 heavy (non-hydrogen) atoms. The molecule has 12 nitrogen and oxygen atoms in total. The molecule has 1 saturated heterocycles. The topological polar surface area (TPSA) is 154 Å². The molecule has 0 aromatic heterocycles. The first-order chi connectivity index (χ1) is 20.4. The molecule has 5 amide bonds. The van der Waals surface area contributed by atoms with Crippen molar-refractivity contribution in [3.05, 3.63) is 35.4 Å². The fraction of sp³-hybridized carbons (Fsp3) is 0.656. The van der Waals surface area contributed by atoms with Gasteiger partial charge in [0, 0.05) is 20.1 Å². The Morgan fingerprint density at radius 2 is 1.73 bits per heavy atom. The van der Waals surface area contributed by atoms with Gasteiger partial charge in [-0.15, -0.1) is 0 Å². The second kappa shape index (κ2) is 14.0. The summed E-state index contributed by atoms with van der Waals surface area (Å²) >= 11 is 0. The summed E-state index contributed by atoms with van der Waals surface area (Å²) in [5.41, 5.74) is 6.38. The molecule has 244 valence electrons. The van der Waals surface area contributed by atoms with Crippen molar-refractivity contribution >= 4 is 29.7 Å². The van der Waals surface area contributed by atoms with Crippen molar-refractivity contribution in [2.24, 2.45) is 11.1 Å². The molecule has 12 heteroatoms. The predicted octanol–water partition coefficient (Wildman–Crippen LogP) is 1.96. The van der Waals surface area contributed by atoms with Gasteiger partial charge in [0.05, 0.1) is 19.1 Å². The van der Waals surface area contributed by atoms with Gasteiger partial charge in [0.25, 0.3) is 0 Å². The molecule has 0 spiro atoms. The Labute approximate surface area is 261 Å². The molecule has 1 aromatic carbocycles. The van der Waals surface area contributed by atoms with Gasteiger partial charge in [-0.1, -0.05) is 45.0 Å². The SMILES string of the molecule is C[C@@H](C(=O)N[C@H](C(=O)N1CCN(C(=O)CN)C[C@H]1C(=O)N[C@@H]1CCCc2ccccc21)C(C)(C)C)N(C)C(=O)OC(C)(C)C. The quantitative estimate of drug-likeness (QED) is 0.424. The van der Waals surface area contributed by atoms with E-state index in [2.05, 4.69) is 16.7 Å². The fourth-order valence-corrected chi connectivity index (χ4v) is 5.54. The van der Waals surface area contributed by atoms with Gasteiger partial charge in [-0.3, -0.25) is 24.1 Å². The van der Waals surface area contributed by atoms with E-state index in [1.807, 2.05) is 39.0 Å². The highest BCUT2D eigenvalue weighted by Gasteiger charge is 2.44. The number of hydrogen-bond acceptors (Lipinski definition) is 7. The van der Waals surface area contributed by atoms with Crippen molar-refractivity contribution in [3.63, 3.8) is 0 Å². The van der Waals surface area contributed by atoms with Crippen molar-refractivity contribution in [1.29, 1.82) is 0 Å². The number of carbonyl (C=O) groups is 5. The van der Waals surface area contributed by atoms with Crippen molar-refractivity contribution < 1.29 is 28.7 Å². The van der Waals surface area contributed by atoms with Crippen LogP contribution in [0.25, 0.3) is 0 Å². The van der Waals surface area contributed by atoms with E-state index in [-0.39, 0.29) is 44.0 Å². The summed E-state index contributed by atoms with van der Waals surface area (Å²) < 4.78 is 5.40. The summed E-state index contributed by atoms with van der Waals surface area (Å²) in [6.07, 6.45) is 1.95. The van der Waals surface area contributed by atoms with Crippen LogP contribution in [0.3, 0.4) is 0 Å². The molecule has 0 bridgehead atoms. The maximum atomic E-state index is 14.2. The van der Waals surface area contributed by atoms with Crippen LogP contribution in [0.15, 0.2) is 24.3 Å². The Balaban J connectivity index is 1.85. The minimum atomic E-state index is -1.02. The number of carbonyl (C=O) groups excluding carboxylic acids is 5. The molecular weight excluding hydrogens is 564 g/mol. The molecular formula is C32H50N6O6. The number of piperazine rings is 1. The first kappa shape index (κ1) is 34.8. The smallest absolute Gasteiger partial charge is 0.410 e. The van der Waals surface area contributed by atoms with Gasteiger partial charge >= 0.3 is 6.09 Å². The number of aryl methyl sites for hydroxylation is 1. The van der Waals surface area contributed by atoms with Gasteiger partial charge in [0.2, 0.25) is 23.6 Å². The molecule has 4 atom stereocenters. The largest absolute Gasteiger partial charge is 0.444 e. The van der Waals surface area contributed by atoms with Gasteiger partial charge in [-0.05, 0) is 63.5 Å². The van der Waals surface area contributed by atoms with Crippen LogP contribution in [-0.2, 0) is 30.3 Å². The van der Waals surface area contributed by atoms with Crippen molar-refractivity contribution in [1.82, 2.24) is 25.3 Å². The van der Waals surface area contributed by atoms with E-state index in [1.54, 1.807) is 27.7 Å². The Hall–Kier alpha value is -3.67. The first-order valence-corrected chi connectivity index (χ1v) is 15.4. The summed E-state index contributed by atoms with van der Waals surface area (Å²) in [4.78, 5) is 70.8. The third-order valence-electron chi connectivity index (χ3n) is 8.22. The Kier molecular flexibility index (Phi) is 11.0. The van der Waals surface area contributed by atoms with Crippen LogP contribution in [0.4, 0.5) is 4.79 Å². The highest BCUT2D eigenvalue weighted by molar-refractivity contribution is 5.95. The maximum Gasteiger partial charge on any atom is 0.410 e. The van der Waals surface area contributed by atoms with E-state index in [4.69, 9.17) is 10.5 Å². The van der Waals surface area contributed by atoms with E-state index >= 15 is 0 Å². The lowest BCUT2D eigenvalue weighted by atomic mass is 9.85. The van der Waals surface area contributed by atoms with Gasteiger partial charge < -0.3 is 30.9 Å². The Morgan fingerprint density at radius 1 is 1.07 bits per heavy atom. The zero-order valence-corrected chi connectivity index (χ0v) is 27.4. The third-order valence-corrected chi connectivity index (χ3v) is 8.22. The van der Waals surface area contributed by atoms with Gasteiger partial charge in [-0.25, -0.2) is 4.79 Å². The van der Waals surface area contributed by atoms with Gasteiger partial charge in [0.1, 0.15) is 23.7 Å². The number of nitrogens with zero attached hydrogens (tertiary/aromatic N) is 3. The summed E-state index contributed by atoms with van der Waals surface area (Å²) in [7, 11) is 1.46. The fourth-order valence-electron chi connectivity index (χ4n) is 5.54. The number of hydrogen-bond donors (Lipinski definition) is 3. The van der Waals surface area contributed by atoms with E-state index in [1.165, 1.54) is 27.3 Å². The van der Waals surface area contributed by atoms with E-state index in [9.17, 15) is 24.0 Å². The van der Waals surface area contributed by atoms with E-state index < -0.39 is 47.0 Å². The molecule has 1 aromatic rings. The minimum Gasteiger partial charge on any atom is -0.444 e. The second-order valence-electron chi connectivity index (χ2n) is 13.8. The molecule has 1 heterocycles. The van der Waals surface area contributed by atoms with Crippen LogP contribution in [0.2, 0.25) is 0 Å². The monoisotopic (exact) mass is 614 g/mol. The average molecular weight is 615 g/mol. The van der Waals surface area contributed by atoms with Crippen LogP contribution < -0.4 is 16.4 Å². The zero-order chi connectivity index (χ0) is 33.0. The third kappa shape index (κ3) is 8.49. The minimum absolute atomic E-state index is 0.00936. The predicted molar refractivity (Wildman–Crippen MR) is 166 cm³/mol. The number of nitrogens with two attached hydrogens (primary N) is 1. The highest BCUT2D eigenvalue weighted by atomic mass is 16.6. The van der Waals surface area contributed by atoms with Crippen LogP contribution in [0, 0.1) is 5.41 Å². The van der Waals surface area contributed by atoms with Crippen LogP contribution >= 0.6 is 0 Å². The lowest BCUT2D eigenvalue weighted by molar-refractivity contribution is -0.152. The maximum absolute atomic E-state index is 14.2. The number of nitrogens with one attached hydrogen (secondary N) is 2. The lowest BCUT2D eigenvalue weighted by Crippen LogP contribution is -2.67. The van der Waals surface area contributed by atoms with Crippen molar-refractivity contribution in [2.75, 3.05) is 33.2 Å². The average Bonchev–Trinajstić information content (AvgIpc) is 2.96. The number of ether oxygens (including phenoxy) is 1.